The molecular formula is C7H13NO3. The van der Waals surface area contributed by atoms with Crippen molar-refractivity contribution < 1.29 is 14.4 Å². The molecule has 0 aromatic heterocycles. The van der Waals surface area contributed by atoms with Crippen molar-refractivity contribution in [2.45, 2.75) is 20.3 Å². The Bertz CT molecular complexity index is 132. The lowest BCUT2D eigenvalue weighted by molar-refractivity contribution is -0.188. The van der Waals surface area contributed by atoms with Gasteiger partial charge in [0.25, 0.3) is 0 Å². The van der Waals surface area contributed by atoms with Gasteiger partial charge in [0.2, 0.25) is 0 Å². The standard InChI is InChI=1S/C7H13NO3/c1-3-8(4-2)11-7(10)5-6-9/h6H,3-5H2,1-2H3. The molecule has 0 saturated carbocycles. The van der Waals surface area contributed by atoms with Gasteiger partial charge >= 0.3 is 5.97 Å². The van der Waals surface area contributed by atoms with Crippen LogP contribution < -0.4 is 0 Å². The first-order valence-corrected chi connectivity index (χ1v) is 3.63. The van der Waals surface area contributed by atoms with Crippen molar-refractivity contribution in [2.75, 3.05) is 13.1 Å². The fraction of sp³-hybridized carbons (Fsp3) is 0.714. The van der Waals surface area contributed by atoms with Gasteiger partial charge in [0.15, 0.2) is 0 Å². The number of nitrogens with zero attached hydrogens (tertiary/aromatic N) is 1. The van der Waals surface area contributed by atoms with Crippen molar-refractivity contribution in [1.29, 1.82) is 0 Å². The molecule has 0 aliphatic carbocycles. The Labute approximate surface area is 66.1 Å². The summed E-state index contributed by atoms with van der Waals surface area (Å²) in [5.74, 6) is -0.497. The molecule has 11 heavy (non-hydrogen) atoms. The summed E-state index contributed by atoms with van der Waals surface area (Å²) in [5.41, 5.74) is 0. The number of hydrogen-bond acceptors (Lipinski definition) is 4. The third-order valence-corrected chi connectivity index (χ3v) is 1.19. The van der Waals surface area contributed by atoms with Crippen LogP contribution in [0.2, 0.25) is 0 Å². The number of carbonyl (C=O) groups is 2. The molecule has 0 saturated heterocycles. The van der Waals surface area contributed by atoms with Gasteiger partial charge in [0.1, 0.15) is 12.7 Å². The second kappa shape index (κ2) is 5.85. The van der Waals surface area contributed by atoms with Crippen molar-refractivity contribution in [3.05, 3.63) is 0 Å². The third kappa shape index (κ3) is 4.50. The van der Waals surface area contributed by atoms with Crippen LogP contribution in [0, 0.1) is 0 Å². The lowest BCUT2D eigenvalue weighted by Gasteiger charge is -2.15. The van der Waals surface area contributed by atoms with Gasteiger partial charge in [-0.05, 0) is 13.8 Å². The Hall–Kier alpha value is -0.900. The zero-order chi connectivity index (χ0) is 8.69. The highest BCUT2D eigenvalue weighted by atomic mass is 16.7. The van der Waals surface area contributed by atoms with Crippen LogP contribution in [0.3, 0.4) is 0 Å². The van der Waals surface area contributed by atoms with Crippen LogP contribution in [0.1, 0.15) is 20.3 Å². The lowest BCUT2D eigenvalue weighted by Crippen LogP contribution is -2.26. The van der Waals surface area contributed by atoms with Crippen LogP contribution in [0.4, 0.5) is 0 Å². The zero-order valence-electron chi connectivity index (χ0n) is 6.87. The molecular weight excluding hydrogens is 146 g/mol. The quantitative estimate of drug-likeness (QED) is 0.330. The average molecular weight is 159 g/mol. The van der Waals surface area contributed by atoms with E-state index in [-0.39, 0.29) is 6.42 Å². The van der Waals surface area contributed by atoms with Crippen LogP contribution in [0.5, 0.6) is 0 Å². The molecule has 0 amide bonds. The SMILES string of the molecule is CCN(CC)OC(=O)CC=O. The van der Waals surface area contributed by atoms with Crippen molar-refractivity contribution in [2.24, 2.45) is 0 Å². The molecule has 0 aliphatic heterocycles. The molecule has 64 valence electrons. The fourth-order valence-corrected chi connectivity index (χ4v) is 0.602. The Balaban J connectivity index is 3.62. The molecule has 0 heterocycles. The Morgan fingerprint density at radius 3 is 2.36 bits per heavy atom. The van der Waals surface area contributed by atoms with Crippen LogP contribution in [0.25, 0.3) is 0 Å². The van der Waals surface area contributed by atoms with E-state index in [0.717, 1.165) is 0 Å². The first-order chi connectivity index (χ1) is 5.24. The predicted molar refractivity (Wildman–Crippen MR) is 39.7 cm³/mol. The van der Waals surface area contributed by atoms with E-state index in [9.17, 15) is 9.59 Å². The van der Waals surface area contributed by atoms with E-state index >= 15 is 0 Å². The van der Waals surface area contributed by atoms with E-state index in [1.807, 2.05) is 13.8 Å². The van der Waals surface area contributed by atoms with Gasteiger partial charge in [-0.3, -0.25) is 0 Å². The van der Waals surface area contributed by atoms with Crippen molar-refractivity contribution in [3.8, 4) is 0 Å². The maximum Gasteiger partial charge on any atom is 0.332 e. The molecule has 0 atom stereocenters. The largest absolute Gasteiger partial charge is 0.367 e. The predicted octanol–water partition coefficient (Wildman–Crippen LogP) is 0.375. The molecule has 0 unspecified atom stereocenters. The van der Waals surface area contributed by atoms with Gasteiger partial charge in [0, 0.05) is 13.1 Å². The summed E-state index contributed by atoms with van der Waals surface area (Å²) in [5, 5.41) is 1.49. The molecule has 0 N–H and O–H groups in total. The van der Waals surface area contributed by atoms with Gasteiger partial charge in [-0.15, -0.1) is 5.06 Å². The fourth-order valence-electron chi connectivity index (χ4n) is 0.602. The zero-order valence-corrected chi connectivity index (χ0v) is 6.87. The second-order valence-electron chi connectivity index (χ2n) is 1.95. The van der Waals surface area contributed by atoms with Gasteiger partial charge in [-0.2, -0.15) is 0 Å². The van der Waals surface area contributed by atoms with Crippen LogP contribution >= 0.6 is 0 Å². The van der Waals surface area contributed by atoms with Gasteiger partial charge in [-0.1, -0.05) is 0 Å². The summed E-state index contributed by atoms with van der Waals surface area (Å²) in [6.07, 6.45) is 0.363. The number of carbonyl (C=O) groups excluding carboxylic acids is 2. The van der Waals surface area contributed by atoms with E-state index in [2.05, 4.69) is 0 Å². The highest BCUT2D eigenvalue weighted by Crippen LogP contribution is 1.91. The van der Waals surface area contributed by atoms with Crippen molar-refractivity contribution >= 4 is 12.3 Å². The smallest absolute Gasteiger partial charge is 0.332 e. The van der Waals surface area contributed by atoms with Gasteiger partial charge in [-0.25, -0.2) is 4.79 Å². The van der Waals surface area contributed by atoms with Gasteiger partial charge in [0.05, 0.1) is 0 Å². The molecule has 4 heteroatoms. The number of rotatable bonds is 5. The highest BCUT2D eigenvalue weighted by molar-refractivity contribution is 5.83. The minimum Gasteiger partial charge on any atom is -0.367 e. The van der Waals surface area contributed by atoms with Crippen LogP contribution in [-0.2, 0) is 14.4 Å². The number of hydrogen-bond donors (Lipinski definition) is 0. The highest BCUT2D eigenvalue weighted by Gasteiger charge is 2.06. The number of hydroxylamine groups is 2. The molecule has 0 spiro atoms. The average Bonchev–Trinajstić information content (AvgIpc) is 2.01. The molecule has 0 aliphatic rings. The summed E-state index contributed by atoms with van der Waals surface area (Å²) in [6.45, 7) is 5.03. The minimum absolute atomic E-state index is 0.170. The van der Waals surface area contributed by atoms with E-state index < -0.39 is 5.97 Å². The minimum atomic E-state index is -0.497. The summed E-state index contributed by atoms with van der Waals surface area (Å²) < 4.78 is 0. The lowest BCUT2D eigenvalue weighted by atomic mass is 10.5. The first-order valence-electron chi connectivity index (χ1n) is 3.63. The second-order valence-corrected chi connectivity index (χ2v) is 1.95. The molecule has 0 aromatic carbocycles. The van der Waals surface area contributed by atoms with Gasteiger partial charge < -0.3 is 9.63 Å². The Morgan fingerprint density at radius 2 is 2.00 bits per heavy atom. The molecule has 0 rings (SSSR count). The summed E-state index contributed by atoms with van der Waals surface area (Å²) in [7, 11) is 0. The Kier molecular flexibility index (Phi) is 5.37. The summed E-state index contributed by atoms with van der Waals surface area (Å²) in [4.78, 5) is 25.3. The normalized spacial score (nSPS) is 9.73. The monoisotopic (exact) mass is 159 g/mol. The summed E-state index contributed by atoms with van der Waals surface area (Å²) >= 11 is 0. The Morgan fingerprint density at radius 1 is 1.45 bits per heavy atom. The molecule has 0 radical (unpaired) electrons. The topological polar surface area (TPSA) is 46.6 Å². The van der Waals surface area contributed by atoms with E-state index in [0.29, 0.717) is 19.4 Å². The maximum absolute atomic E-state index is 10.7. The van der Waals surface area contributed by atoms with E-state index in [1.54, 1.807) is 0 Å². The van der Waals surface area contributed by atoms with Crippen molar-refractivity contribution in [3.63, 3.8) is 0 Å². The molecule has 0 aromatic rings. The van der Waals surface area contributed by atoms with Crippen LogP contribution in [-0.4, -0.2) is 30.4 Å². The molecule has 4 nitrogen and oxygen atoms in total. The van der Waals surface area contributed by atoms with Crippen LogP contribution in [0.15, 0.2) is 0 Å². The number of aldehydes is 1. The molecule has 0 fully saturated rings. The maximum atomic E-state index is 10.7. The first kappa shape index (κ1) is 10.1. The molecule has 0 bridgehead atoms. The summed E-state index contributed by atoms with van der Waals surface area (Å²) in [6, 6.07) is 0. The van der Waals surface area contributed by atoms with E-state index in [4.69, 9.17) is 4.84 Å². The third-order valence-electron chi connectivity index (χ3n) is 1.19. The van der Waals surface area contributed by atoms with E-state index in [1.165, 1.54) is 5.06 Å². The van der Waals surface area contributed by atoms with Crippen molar-refractivity contribution in [1.82, 2.24) is 5.06 Å².